The largest absolute Gasteiger partial charge is 0.493 e. The monoisotopic (exact) mass is 411 g/mol. The minimum Gasteiger partial charge on any atom is -0.493 e. The Bertz CT molecular complexity index is 996. The van der Waals surface area contributed by atoms with Gasteiger partial charge >= 0.3 is 0 Å². The number of allylic oxidation sites excluding steroid dienone is 2. The summed E-state index contributed by atoms with van der Waals surface area (Å²) >= 11 is 6.02. The van der Waals surface area contributed by atoms with Gasteiger partial charge in [-0.1, -0.05) is 23.7 Å². The van der Waals surface area contributed by atoms with E-state index in [1.54, 1.807) is 31.3 Å². The van der Waals surface area contributed by atoms with Crippen LogP contribution in [0.4, 0.5) is 5.69 Å². The zero-order valence-electron chi connectivity index (χ0n) is 16.4. The molecule has 0 saturated heterocycles. The molecule has 0 N–H and O–H groups in total. The Balaban J connectivity index is 1.88. The summed E-state index contributed by atoms with van der Waals surface area (Å²) in [6, 6.07) is 12.7. The van der Waals surface area contributed by atoms with Gasteiger partial charge < -0.3 is 9.47 Å². The molecule has 1 aliphatic carbocycles. The van der Waals surface area contributed by atoms with Crippen molar-refractivity contribution in [2.45, 2.75) is 31.6 Å². The zero-order chi connectivity index (χ0) is 20.5. The number of amides is 1. The third-order valence-corrected chi connectivity index (χ3v) is 5.82. The molecule has 4 rings (SSSR count). The van der Waals surface area contributed by atoms with Gasteiger partial charge in [-0.3, -0.25) is 14.5 Å². The maximum absolute atomic E-state index is 13.3. The smallest absolute Gasteiger partial charge is 0.232 e. The first-order chi connectivity index (χ1) is 14.0. The first-order valence-corrected chi connectivity index (χ1v) is 9.98. The van der Waals surface area contributed by atoms with Crippen molar-refractivity contribution in [1.82, 2.24) is 0 Å². The third-order valence-electron chi connectivity index (χ3n) is 5.57. The van der Waals surface area contributed by atoms with E-state index in [9.17, 15) is 9.59 Å². The van der Waals surface area contributed by atoms with Gasteiger partial charge in [0.2, 0.25) is 5.91 Å². The number of hydrogen-bond acceptors (Lipinski definition) is 4. The lowest BCUT2D eigenvalue weighted by Crippen LogP contribution is -2.40. The number of rotatable bonds is 4. The minimum atomic E-state index is -0.348. The van der Waals surface area contributed by atoms with Crippen molar-refractivity contribution in [2.24, 2.45) is 0 Å². The van der Waals surface area contributed by atoms with Gasteiger partial charge in [-0.25, -0.2) is 0 Å². The second-order valence-electron chi connectivity index (χ2n) is 7.18. The number of anilines is 1. The fourth-order valence-electron chi connectivity index (χ4n) is 4.33. The van der Waals surface area contributed by atoms with Crippen molar-refractivity contribution in [1.29, 1.82) is 0 Å². The normalized spacial score (nSPS) is 19.3. The van der Waals surface area contributed by atoms with Crippen LogP contribution in [-0.4, -0.2) is 25.9 Å². The van der Waals surface area contributed by atoms with E-state index < -0.39 is 0 Å². The predicted octanol–water partition coefficient (Wildman–Crippen LogP) is 4.88. The molecule has 0 bridgehead atoms. The topological polar surface area (TPSA) is 55.8 Å². The molecule has 5 nitrogen and oxygen atoms in total. The summed E-state index contributed by atoms with van der Waals surface area (Å²) in [6.45, 7) is 0. The molecule has 0 aromatic heterocycles. The second kappa shape index (κ2) is 7.91. The molecule has 0 spiro atoms. The summed E-state index contributed by atoms with van der Waals surface area (Å²) in [5, 5.41) is 0.603. The maximum atomic E-state index is 13.3. The molecular formula is C23H22ClNO4. The lowest BCUT2D eigenvalue weighted by Gasteiger charge is -2.38. The minimum absolute atomic E-state index is 0.0457. The van der Waals surface area contributed by atoms with Gasteiger partial charge in [0, 0.05) is 46.3 Å². The molecule has 6 heteroatoms. The standard InChI is InChI=1S/C23H22ClNO4/c1-28-20-8-3-5-16(23(20)29-2)17-13-21(27)25(15-11-9-14(24)10-12-15)18-6-4-7-19(26)22(17)18/h3,5,8-12,17H,4,6-7,13H2,1-2H3/t17-/m0/s1. The summed E-state index contributed by atoms with van der Waals surface area (Å²) in [6.07, 6.45) is 2.09. The molecule has 1 atom stereocenters. The number of carbonyl (C=O) groups is 2. The van der Waals surface area contributed by atoms with Crippen LogP contribution in [0, 0.1) is 0 Å². The first kappa shape index (κ1) is 19.5. The van der Waals surface area contributed by atoms with E-state index in [0.29, 0.717) is 34.9 Å². The Hall–Kier alpha value is -2.79. The zero-order valence-corrected chi connectivity index (χ0v) is 17.2. The quantitative estimate of drug-likeness (QED) is 0.719. The fraction of sp³-hybridized carbons (Fsp3) is 0.304. The number of ether oxygens (including phenoxy) is 2. The number of benzene rings is 2. The van der Waals surface area contributed by atoms with Crippen molar-refractivity contribution in [3.63, 3.8) is 0 Å². The SMILES string of the molecule is COc1cccc([C@@H]2CC(=O)N(c3ccc(Cl)cc3)C3=C2C(=O)CCC3)c1OC. The van der Waals surface area contributed by atoms with E-state index in [2.05, 4.69) is 0 Å². The van der Waals surface area contributed by atoms with E-state index in [1.165, 1.54) is 0 Å². The molecule has 1 aliphatic heterocycles. The highest BCUT2D eigenvalue weighted by Crippen LogP contribution is 2.47. The van der Waals surface area contributed by atoms with Gasteiger partial charge in [0.05, 0.1) is 14.2 Å². The number of hydrogen-bond donors (Lipinski definition) is 0. The van der Waals surface area contributed by atoms with Gasteiger partial charge in [0.1, 0.15) is 0 Å². The Morgan fingerprint density at radius 1 is 1.00 bits per heavy atom. The Morgan fingerprint density at radius 2 is 1.76 bits per heavy atom. The summed E-state index contributed by atoms with van der Waals surface area (Å²) in [5.74, 6) is 0.850. The number of halogens is 1. The number of Topliss-reactive ketones (excluding diaryl/α,β-unsaturated/α-hetero) is 1. The van der Waals surface area contributed by atoms with E-state index in [-0.39, 0.29) is 24.0 Å². The van der Waals surface area contributed by atoms with E-state index >= 15 is 0 Å². The third kappa shape index (κ3) is 3.40. The van der Waals surface area contributed by atoms with Crippen LogP contribution in [-0.2, 0) is 9.59 Å². The summed E-state index contributed by atoms with van der Waals surface area (Å²) in [5.41, 5.74) is 3.03. The molecule has 29 heavy (non-hydrogen) atoms. The molecule has 0 saturated carbocycles. The van der Waals surface area contributed by atoms with Crippen molar-refractivity contribution in [3.05, 3.63) is 64.3 Å². The molecular weight excluding hydrogens is 390 g/mol. The summed E-state index contributed by atoms with van der Waals surface area (Å²) < 4.78 is 11.0. The van der Waals surface area contributed by atoms with Crippen molar-refractivity contribution < 1.29 is 19.1 Å². The van der Waals surface area contributed by atoms with Crippen LogP contribution in [0.2, 0.25) is 5.02 Å². The second-order valence-corrected chi connectivity index (χ2v) is 7.62. The van der Waals surface area contributed by atoms with Gasteiger partial charge in [-0.05, 0) is 43.2 Å². The van der Waals surface area contributed by atoms with Crippen LogP contribution in [0.15, 0.2) is 53.7 Å². The van der Waals surface area contributed by atoms with Crippen molar-refractivity contribution >= 4 is 29.0 Å². The number of ketones is 1. The molecule has 2 aromatic carbocycles. The van der Waals surface area contributed by atoms with Crippen molar-refractivity contribution in [3.8, 4) is 11.5 Å². The summed E-state index contributed by atoms with van der Waals surface area (Å²) in [7, 11) is 3.15. The van der Waals surface area contributed by atoms with Crippen LogP contribution in [0.25, 0.3) is 0 Å². The highest BCUT2D eigenvalue weighted by molar-refractivity contribution is 6.30. The first-order valence-electron chi connectivity index (χ1n) is 9.60. The Kier molecular flexibility index (Phi) is 5.33. The average Bonchev–Trinajstić information content (AvgIpc) is 2.73. The average molecular weight is 412 g/mol. The van der Waals surface area contributed by atoms with E-state index in [1.807, 2.05) is 30.3 Å². The van der Waals surface area contributed by atoms with Crippen LogP contribution in [0.1, 0.15) is 37.2 Å². The molecule has 1 amide bonds. The van der Waals surface area contributed by atoms with Gasteiger partial charge in [0.15, 0.2) is 17.3 Å². The molecule has 0 unspecified atom stereocenters. The highest BCUT2D eigenvalue weighted by atomic mass is 35.5. The molecule has 150 valence electrons. The fourth-order valence-corrected chi connectivity index (χ4v) is 4.46. The van der Waals surface area contributed by atoms with E-state index in [0.717, 1.165) is 23.4 Å². The van der Waals surface area contributed by atoms with Crippen LogP contribution in [0.3, 0.4) is 0 Å². The number of nitrogens with zero attached hydrogens (tertiary/aromatic N) is 1. The lowest BCUT2D eigenvalue weighted by molar-refractivity contribution is -0.119. The van der Waals surface area contributed by atoms with Crippen LogP contribution < -0.4 is 14.4 Å². The van der Waals surface area contributed by atoms with E-state index in [4.69, 9.17) is 21.1 Å². The molecule has 0 fully saturated rings. The van der Waals surface area contributed by atoms with Crippen LogP contribution >= 0.6 is 11.6 Å². The van der Waals surface area contributed by atoms with Gasteiger partial charge in [-0.15, -0.1) is 0 Å². The molecule has 0 radical (unpaired) electrons. The number of para-hydroxylation sites is 1. The molecule has 2 aromatic rings. The van der Waals surface area contributed by atoms with Crippen LogP contribution in [0.5, 0.6) is 11.5 Å². The highest BCUT2D eigenvalue weighted by Gasteiger charge is 2.41. The lowest BCUT2D eigenvalue weighted by atomic mass is 9.76. The molecule has 2 aliphatic rings. The Morgan fingerprint density at radius 3 is 2.45 bits per heavy atom. The van der Waals surface area contributed by atoms with Crippen molar-refractivity contribution in [2.75, 3.05) is 19.1 Å². The Labute approximate surface area is 174 Å². The number of methoxy groups -OCH3 is 2. The maximum Gasteiger partial charge on any atom is 0.232 e. The summed E-state index contributed by atoms with van der Waals surface area (Å²) in [4.78, 5) is 28.0. The van der Waals surface area contributed by atoms with Gasteiger partial charge in [0.25, 0.3) is 0 Å². The van der Waals surface area contributed by atoms with Gasteiger partial charge in [-0.2, -0.15) is 0 Å². The number of carbonyl (C=O) groups excluding carboxylic acids is 2. The predicted molar refractivity (Wildman–Crippen MR) is 112 cm³/mol. The molecule has 1 heterocycles.